The van der Waals surface area contributed by atoms with Gasteiger partial charge in [0, 0.05) is 23.5 Å². The summed E-state index contributed by atoms with van der Waals surface area (Å²) in [5, 5.41) is 10.2. The van der Waals surface area contributed by atoms with Gasteiger partial charge in [-0.25, -0.2) is 22.8 Å². The van der Waals surface area contributed by atoms with Crippen LogP contribution in [0.4, 0.5) is 21.8 Å². The van der Waals surface area contributed by atoms with Crippen LogP contribution < -0.4 is 11.1 Å². The van der Waals surface area contributed by atoms with Gasteiger partial charge in [-0.05, 0) is 30.7 Å². The topological polar surface area (TPSA) is 140 Å². The number of hydrogen-bond donors (Lipinski definition) is 3. The van der Waals surface area contributed by atoms with Gasteiger partial charge in [0.1, 0.15) is 11.6 Å². The lowest BCUT2D eigenvalue weighted by Gasteiger charge is -2.10. The van der Waals surface area contributed by atoms with E-state index < -0.39 is 15.7 Å². The highest BCUT2D eigenvalue weighted by atomic mass is 32.2. The van der Waals surface area contributed by atoms with E-state index >= 15 is 0 Å². The number of nitrogen functional groups attached to an aromatic ring is 1. The first-order valence-corrected chi connectivity index (χ1v) is 10.3. The van der Waals surface area contributed by atoms with Gasteiger partial charge in [-0.1, -0.05) is 6.07 Å². The molecule has 148 valence electrons. The molecule has 29 heavy (non-hydrogen) atoms. The summed E-state index contributed by atoms with van der Waals surface area (Å²) in [6.45, 7) is 1.72. The monoisotopic (exact) mass is 413 g/mol. The van der Waals surface area contributed by atoms with Gasteiger partial charge < -0.3 is 11.1 Å². The quantitative estimate of drug-likeness (QED) is 0.464. The fourth-order valence-electron chi connectivity index (χ4n) is 2.93. The van der Waals surface area contributed by atoms with Crippen LogP contribution in [0.5, 0.6) is 0 Å². The fraction of sp³-hybridized carbons (Fsp3) is 0.111. The molecule has 1 aromatic carbocycles. The largest absolute Gasteiger partial charge is 0.383 e. The summed E-state index contributed by atoms with van der Waals surface area (Å²) in [6.07, 6.45) is 3.69. The highest BCUT2D eigenvalue weighted by Crippen LogP contribution is 2.30. The number of hydrogen-bond acceptors (Lipinski definition) is 8. The van der Waals surface area contributed by atoms with Crippen molar-refractivity contribution in [1.82, 2.24) is 25.1 Å². The Bertz CT molecular complexity index is 1350. The van der Waals surface area contributed by atoms with E-state index in [1.54, 1.807) is 19.1 Å². The lowest BCUT2D eigenvalue weighted by atomic mass is 10.1. The van der Waals surface area contributed by atoms with Crippen LogP contribution >= 0.6 is 0 Å². The molecule has 0 saturated heterocycles. The molecule has 3 heterocycles. The fourth-order valence-corrected chi connectivity index (χ4v) is 3.93. The van der Waals surface area contributed by atoms with E-state index in [1.807, 2.05) is 0 Å². The van der Waals surface area contributed by atoms with Crippen LogP contribution in [-0.4, -0.2) is 39.8 Å². The predicted octanol–water partition coefficient (Wildman–Crippen LogP) is 2.59. The second-order valence-electron chi connectivity index (χ2n) is 6.49. The minimum atomic E-state index is -3.37. The third-order valence-corrected chi connectivity index (χ3v) is 5.55. The number of halogens is 1. The molecule has 4 rings (SSSR count). The maximum absolute atomic E-state index is 13.5. The number of aromatic nitrogens is 5. The maximum atomic E-state index is 13.5. The molecule has 9 nitrogen and oxygen atoms in total. The summed E-state index contributed by atoms with van der Waals surface area (Å²) in [5.74, 6) is -0.186. The minimum absolute atomic E-state index is 0.132. The number of fused-ring (bicyclic) bond motifs is 1. The average molecular weight is 413 g/mol. The van der Waals surface area contributed by atoms with Crippen molar-refractivity contribution in [1.29, 1.82) is 0 Å². The number of anilines is 3. The van der Waals surface area contributed by atoms with Gasteiger partial charge in [-0.2, -0.15) is 10.1 Å². The molecule has 3 aromatic heterocycles. The number of rotatable bonds is 4. The smallest absolute Gasteiger partial charge is 0.229 e. The van der Waals surface area contributed by atoms with Crippen LogP contribution in [0.2, 0.25) is 0 Å². The van der Waals surface area contributed by atoms with E-state index in [-0.39, 0.29) is 16.7 Å². The molecule has 4 N–H and O–H groups in total. The van der Waals surface area contributed by atoms with E-state index in [1.165, 1.54) is 18.3 Å². The molecule has 0 atom stereocenters. The first kappa shape index (κ1) is 18.7. The summed E-state index contributed by atoms with van der Waals surface area (Å²) in [4.78, 5) is 12.6. The van der Waals surface area contributed by atoms with E-state index in [4.69, 9.17) is 5.73 Å². The van der Waals surface area contributed by atoms with Crippen LogP contribution in [0, 0.1) is 12.7 Å². The SMILES string of the molecule is Cc1ccc(Nc2ncc(-c3[nH]nc4ncc(F)cc34)c(N)n2)cc1S(C)(=O)=O. The zero-order chi connectivity index (χ0) is 20.8. The van der Waals surface area contributed by atoms with Crippen molar-refractivity contribution in [3.05, 3.63) is 48.0 Å². The van der Waals surface area contributed by atoms with Gasteiger partial charge >= 0.3 is 0 Å². The van der Waals surface area contributed by atoms with Crippen molar-refractivity contribution in [3.63, 3.8) is 0 Å². The zero-order valence-electron chi connectivity index (χ0n) is 15.4. The van der Waals surface area contributed by atoms with E-state index in [2.05, 4.69) is 30.5 Å². The molecule has 0 spiro atoms. The number of nitrogens with two attached hydrogens (primary N) is 1. The second kappa shape index (κ2) is 6.78. The summed E-state index contributed by atoms with van der Waals surface area (Å²) in [6, 6.07) is 6.21. The molecule has 0 bridgehead atoms. The van der Waals surface area contributed by atoms with Gasteiger partial charge in [0.15, 0.2) is 15.5 Å². The molecule has 0 aliphatic carbocycles. The first-order valence-electron chi connectivity index (χ1n) is 8.42. The third kappa shape index (κ3) is 3.59. The van der Waals surface area contributed by atoms with Gasteiger partial charge in [-0.15, -0.1) is 0 Å². The number of aromatic amines is 1. The summed E-state index contributed by atoms with van der Waals surface area (Å²) in [7, 11) is -3.37. The minimum Gasteiger partial charge on any atom is -0.383 e. The van der Waals surface area contributed by atoms with E-state index in [0.29, 0.717) is 33.5 Å². The van der Waals surface area contributed by atoms with Gasteiger partial charge in [0.05, 0.1) is 22.3 Å². The normalized spacial score (nSPS) is 11.7. The average Bonchev–Trinajstić information content (AvgIpc) is 3.05. The maximum Gasteiger partial charge on any atom is 0.229 e. The Kier molecular flexibility index (Phi) is 4.38. The number of aryl methyl sites for hydroxylation is 1. The lowest BCUT2D eigenvalue weighted by molar-refractivity contribution is 0.601. The Labute approximate surface area is 165 Å². The first-order chi connectivity index (χ1) is 13.7. The molecule has 0 saturated carbocycles. The van der Waals surface area contributed by atoms with Crippen molar-refractivity contribution in [3.8, 4) is 11.3 Å². The number of benzene rings is 1. The Morgan fingerprint density at radius 1 is 1.17 bits per heavy atom. The number of H-pyrrole nitrogens is 1. The Hall–Kier alpha value is -3.60. The number of nitrogens with one attached hydrogen (secondary N) is 2. The van der Waals surface area contributed by atoms with Gasteiger partial charge in [0.2, 0.25) is 5.95 Å². The highest BCUT2D eigenvalue weighted by Gasteiger charge is 2.15. The summed E-state index contributed by atoms with van der Waals surface area (Å²) in [5.41, 5.74) is 8.44. The van der Waals surface area contributed by atoms with Crippen molar-refractivity contribution in [2.45, 2.75) is 11.8 Å². The van der Waals surface area contributed by atoms with Crippen LogP contribution in [0.1, 0.15) is 5.56 Å². The number of nitrogens with zero attached hydrogens (tertiary/aromatic N) is 4. The summed E-state index contributed by atoms with van der Waals surface area (Å²) < 4.78 is 37.3. The van der Waals surface area contributed by atoms with Crippen molar-refractivity contribution in [2.24, 2.45) is 0 Å². The molecule has 0 unspecified atom stereocenters. The van der Waals surface area contributed by atoms with Crippen molar-refractivity contribution in [2.75, 3.05) is 17.3 Å². The molecule has 0 radical (unpaired) electrons. The standard InChI is InChI=1S/C18H16FN7O2S/c1-9-3-4-11(6-14(9)29(2,27)28)23-18-22-8-13(16(20)24-18)15-12-5-10(19)7-21-17(12)26-25-15/h3-8H,1-2H3,(H,21,25,26)(H3,20,22,23,24). The van der Waals surface area contributed by atoms with Crippen LogP contribution in [0.3, 0.4) is 0 Å². The molecule has 4 aromatic rings. The lowest BCUT2D eigenvalue weighted by Crippen LogP contribution is -2.04. The van der Waals surface area contributed by atoms with Crippen LogP contribution in [0.15, 0.2) is 41.6 Å². The molecular weight excluding hydrogens is 397 g/mol. The molecular formula is C18H16FN7O2S. The Morgan fingerprint density at radius 3 is 2.69 bits per heavy atom. The number of pyridine rings is 1. The molecule has 0 aliphatic rings. The van der Waals surface area contributed by atoms with E-state index in [0.717, 1.165) is 12.5 Å². The Balaban J connectivity index is 1.69. The van der Waals surface area contributed by atoms with Gasteiger partial charge in [-0.3, -0.25) is 5.10 Å². The molecule has 0 amide bonds. The zero-order valence-corrected chi connectivity index (χ0v) is 16.2. The second-order valence-corrected chi connectivity index (χ2v) is 8.48. The Morgan fingerprint density at radius 2 is 1.97 bits per heavy atom. The van der Waals surface area contributed by atoms with Crippen molar-refractivity contribution < 1.29 is 12.8 Å². The molecule has 0 fully saturated rings. The van der Waals surface area contributed by atoms with Crippen molar-refractivity contribution >= 4 is 38.3 Å². The molecule has 0 aliphatic heterocycles. The van der Waals surface area contributed by atoms with Crippen LogP contribution in [0.25, 0.3) is 22.3 Å². The summed E-state index contributed by atoms with van der Waals surface area (Å²) >= 11 is 0. The predicted molar refractivity (Wildman–Crippen MR) is 107 cm³/mol. The number of sulfone groups is 1. The van der Waals surface area contributed by atoms with Crippen LogP contribution in [-0.2, 0) is 9.84 Å². The highest BCUT2D eigenvalue weighted by molar-refractivity contribution is 7.90. The third-order valence-electron chi connectivity index (χ3n) is 4.31. The van der Waals surface area contributed by atoms with E-state index in [9.17, 15) is 12.8 Å². The molecule has 11 heteroatoms. The van der Waals surface area contributed by atoms with Gasteiger partial charge in [0.25, 0.3) is 0 Å².